The van der Waals surface area contributed by atoms with E-state index in [1.165, 1.54) is 24.3 Å². The molecule has 1 atom stereocenters. The maximum absolute atomic E-state index is 12.1. The third kappa shape index (κ3) is 8.99. The number of carbonyl (C=O) groups excluding carboxylic acids is 2. The average molecular weight is 358 g/mol. The molecule has 0 bridgehead atoms. The molecule has 0 saturated heterocycles. The van der Waals surface area contributed by atoms with Gasteiger partial charge in [-0.3, -0.25) is 4.79 Å². The number of halogens is 2. The van der Waals surface area contributed by atoms with Gasteiger partial charge in [0.15, 0.2) is 0 Å². The molecule has 1 aromatic rings. The number of alkyl halides is 2. The van der Waals surface area contributed by atoms with Gasteiger partial charge < -0.3 is 25.3 Å². The fourth-order valence-corrected chi connectivity index (χ4v) is 2.28. The number of benzene rings is 1. The normalized spacial score (nSPS) is 12.0. The van der Waals surface area contributed by atoms with Crippen LogP contribution in [0.5, 0.6) is 5.75 Å². The van der Waals surface area contributed by atoms with Crippen molar-refractivity contribution in [2.75, 3.05) is 11.9 Å². The van der Waals surface area contributed by atoms with Crippen molar-refractivity contribution in [1.29, 1.82) is 0 Å². The molecular weight excluding hydrogens is 334 g/mol. The van der Waals surface area contributed by atoms with E-state index in [9.17, 15) is 23.5 Å². The Hall–Kier alpha value is -2.22. The molecule has 0 aliphatic carbocycles. The second kappa shape index (κ2) is 11.4. The Morgan fingerprint density at radius 1 is 1.20 bits per heavy atom. The first-order valence-electron chi connectivity index (χ1n) is 8.31. The maximum Gasteiger partial charge on any atom is 0.387 e. The Balaban J connectivity index is 2.44. The molecule has 8 heteroatoms. The maximum atomic E-state index is 12.1. The van der Waals surface area contributed by atoms with Crippen molar-refractivity contribution in [3.63, 3.8) is 0 Å². The summed E-state index contributed by atoms with van der Waals surface area (Å²) in [6, 6.07) is 4.43. The van der Waals surface area contributed by atoms with Crippen molar-refractivity contribution in [1.82, 2.24) is 0 Å². The highest BCUT2D eigenvalue weighted by atomic mass is 19.3. The Kier molecular flexibility index (Phi) is 9.46. The lowest BCUT2D eigenvalue weighted by Gasteiger charge is -2.16. The minimum absolute atomic E-state index is 0.0268. The van der Waals surface area contributed by atoms with E-state index in [0.717, 1.165) is 25.7 Å². The highest BCUT2D eigenvalue weighted by Gasteiger charge is 2.18. The number of carboxylic acid groups (broad SMARTS) is 1. The standard InChI is InChI=1S/C17H24F2N2O4/c1-2-3-4-5-10-20-14(16(23)24)11-15(22)21-12-6-8-13(9-7-12)25-17(18)19/h6-9,14,17,20H,2-5,10-11H2,1H3,(H,21,22)(H,23,24)/t14-/m1/s1. The number of nitrogens with two attached hydrogens (primary N) is 1. The van der Waals surface area contributed by atoms with E-state index >= 15 is 0 Å². The minimum atomic E-state index is -2.92. The van der Waals surface area contributed by atoms with E-state index in [2.05, 4.69) is 17.0 Å². The number of hydrogen-bond acceptors (Lipinski definition) is 4. The van der Waals surface area contributed by atoms with E-state index in [4.69, 9.17) is 0 Å². The zero-order valence-corrected chi connectivity index (χ0v) is 14.2. The summed E-state index contributed by atoms with van der Waals surface area (Å²) in [5.41, 5.74) is 0.367. The molecule has 0 radical (unpaired) electrons. The van der Waals surface area contributed by atoms with E-state index in [1.54, 1.807) is 5.32 Å². The molecule has 0 aliphatic rings. The molecule has 25 heavy (non-hydrogen) atoms. The van der Waals surface area contributed by atoms with Crippen molar-refractivity contribution in [2.45, 2.75) is 51.7 Å². The first-order chi connectivity index (χ1) is 11.9. The molecule has 0 spiro atoms. The summed E-state index contributed by atoms with van der Waals surface area (Å²) in [5.74, 6) is -1.80. The van der Waals surface area contributed by atoms with Gasteiger partial charge in [0.05, 0.1) is 18.9 Å². The minimum Gasteiger partial charge on any atom is -0.544 e. The highest BCUT2D eigenvalue weighted by Crippen LogP contribution is 2.17. The summed E-state index contributed by atoms with van der Waals surface area (Å²) < 4.78 is 28.3. The number of carbonyl (C=O) groups is 2. The molecule has 0 fully saturated rings. The number of rotatable bonds is 12. The summed E-state index contributed by atoms with van der Waals surface area (Å²) in [5, 5.41) is 15.3. The Morgan fingerprint density at radius 2 is 1.88 bits per heavy atom. The lowest BCUT2D eigenvalue weighted by Crippen LogP contribution is -2.93. The molecule has 140 valence electrons. The topological polar surface area (TPSA) is 95.1 Å². The fourth-order valence-electron chi connectivity index (χ4n) is 2.28. The molecular formula is C17H24F2N2O4. The van der Waals surface area contributed by atoms with Crippen LogP contribution in [0.15, 0.2) is 24.3 Å². The van der Waals surface area contributed by atoms with Gasteiger partial charge in [0, 0.05) is 5.69 Å². The van der Waals surface area contributed by atoms with Crippen LogP contribution in [-0.2, 0) is 9.59 Å². The molecule has 1 rings (SSSR count). The Labute approximate surface area is 145 Å². The summed E-state index contributed by atoms with van der Waals surface area (Å²) in [6.07, 6.45) is 3.85. The molecule has 0 aliphatic heterocycles. The van der Waals surface area contributed by atoms with Gasteiger partial charge in [-0.2, -0.15) is 8.78 Å². The lowest BCUT2D eigenvalue weighted by atomic mass is 10.1. The van der Waals surface area contributed by atoms with Crippen LogP contribution < -0.4 is 20.5 Å². The zero-order chi connectivity index (χ0) is 18.7. The largest absolute Gasteiger partial charge is 0.544 e. The van der Waals surface area contributed by atoms with Gasteiger partial charge in [0.2, 0.25) is 5.91 Å². The van der Waals surface area contributed by atoms with E-state index in [1.807, 2.05) is 0 Å². The molecule has 1 amide bonds. The Bertz CT molecular complexity index is 538. The molecule has 1 aromatic carbocycles. The number of ether oxygens (including phenoxy) is 1. The molecule has 3 N–H and O–H groups in total. The molecule has 0 saturated carbocycles. The van der Waals surface area contributed by atoms with Gasteiger partial charge in [-0.1, -0.05) is 19.8 Å². The summed E-state index contributed by atoms with van der Waals surface area (Å²) in [6.45, 7) is -0.215. The number of aliphatic carboxylic acids is 1. The number of unbranched alkanes of at least 4 members (excludes halogenated alkanes) is 3. The molecule has 0 unspecified atom stereocenters. The van der Waals surface area contributed by atoms with Gasteiger partial charge in [-0.25, -0.2) is 0 Å². The van der Waals surface area contributed by atoms with Crippen molar-refractivity contribution in [2.24, 2.45) is 0 Å². The second-order valence-electron chi connectivity index (χ2n) is 5.67. The van der Waals surface area contributed by atoms with Crippen molar-refractivity contribution >= 4 is 17.6 Å². The van der Waals surface area contributed by atoms with Crippen LogP contribution in [-0.4, -0.2) is 31.1 Å². The number of hydrogen-bond donors (Lipinski definition) is 2. The Morgan fingerprint density at radius 3 is 2.44 bits per heavy atom. The second-order valence-corrected chi connectivity index (χ2v) is 5.67. The first kappa shape index (κ1) is 20.8. The van der Waals surface area contributed by atoms with Crippen LogP contribution >= 0.6 is 0 Å². The third-order valence-corrected chi connectivity index (χ3v) is 3.58. The predicted molar refractivity (Wildman–Crippen MR) is 86.1 cm³/mol. The van der Waals surface area contributed by atoms with Gasteiger partial charge in [0.1, 0.15) is 11.8 Å². The molecule has 6 nitrogen and oxygen atoms in total. The number of quaternary nitrogens is 1. The van der Waals surface area contributed by atoms with Gasteiger partial charge in [-0.15, -0.1) is 0 Å². The van der Waals surface area contributed by atoms with Crippen molar-refractivity contribution in [3.05, 3.63) is 24.3 Å². The van der Waals surface area contributed by atoms with E-state index in [-0.39, 0.29) is 12.2 Å². The highest BCUT2D eigenvalue weighted by molar-refractivity contribution is 5.93. The molecule has 0 heterocycles. The van der Waals surface area contributed by atoms with Crippen molar-refractivity contribution < 1.29 is 33.5 Å². The third-order valence-electron chi connectivity index (χ3n) is 3.58. The number of amides is 1. The van der Waals surface area contributed by atoms with E-state index < -0.39 is 24.5 Å². The molecule has 0 aromatic heterocycles. The first-order valence-corrected chi connectivity index (χ1v) is 8.31. The van der Waals surface area contributed by atoms with Gasteiger partial charge in [0.25, 0.3) is 0 Å². The number of anilines is 1. The SMILES string of the molecule is CCCCCC[NH2+][C@H](CC(=O)Nc1ccc(OC(F)F)cc1)C(=O)[O-]. The van der Waals surface area contributed by atoms with Gasteiger partial charge in [-0.05, 0) is 37.1 Å². The average Bonchev–Trinajstić information content (AvgIpc) is 2.54. The van der Waals surface area contributed by atoms with E-state index in [0.29, 0.717) is 12.2 Å². The van der Waals surface area contributed by atoms with Crippen LogP contribution in [0.3, 0.4) is 0 Å². The zero-order valence-electron chi connectivity index (χ0n) is 14.2. The number of nitrogens with one attached hydrogen (secondary N) is 1. The lowest BCUT2D eigenvalue weighted by molar-refractivity contribution is -0.682. The summed E-state index contributed by atoms with van der Waals surface area (Å²) in [4.78, 5) is 23.1. The summed E-state index contributed by atoms with van der Waals surface area (Å²) >= 11 is 0. The van der Waals surface area contributed by atoms with Crippen LogP contribution in [0.25, 0.3) is 0 Å². The smallest absolute Gasteiger partial charge is 0.387 e. The summed E-state index contributed by atoms with van der Waals surface area (Å²) in [7, 11) is 0. The number of carboxylic acids is 1. The monoisotopic (exact) mass is 358 g/mol. The van der Waals surface area contributed by atoms with Gasteiger partial charge >= 0.3 is 6.61 Å². The van der Waals surface area contributed by atoms with Crippen LogP contribution in [0.1, 0.15) is 39.0 Å². The quantitative estimate of drug-likeness (QED) is 0.542. The predicted octanol–water partition coefficient (Wildman–Crippen LogP) is 0.879. The van der Waals surface area contributed by atoms with Crippen LogP contribution in [0.4, 0.5) is 14.5 Å². The van der Waals surface area contributed by atoms with Crippen LogP contribution in [0, 0.1) is 0 Å². The fraction of sp³-hybridized carbons (Fsp3) is 0.529. The van der Waals surface area contributed by atoms with Crippen molar-refractivity contribution in [3.8, 4) is 5.75 Å². The van der Waals surface area contributed by atoms with Crippen LogP contribution in [0.2, 0.25) is 0 Å².